The summed E-state index contributed by atoms with van der Waals surface area (Å²) in [6.45, 7) is 3.71. The lowest BCUT2D eigenvalue weighted by molar-refractivity contribution is -0.136. The number of fused-ring (bicyclic) bond motifs is 2. The van der Waals surface area contributed by atoms with Gasteiger partial charge in [-0.25, -0.2) is 12.4 Å². The maximum atomic E-state index is 13.3. The van der Waals surface area contributed by atoms with E-state index in [1.165, 1.54) is 21.5 Å². The molecule has 27 heavy (non-hydrogen) atoms. The number of benzene rings is 1. The Morgan fingerprint density at radius 3 is 2.56 bits per heavy atom. The van der Waals surface area contributed by atoms with Gasteiger partial charge >= 0.3 is 5.97 Å². The van der Waals surface area contributed by atoms with Gasteiger partial charge in [0.2, 0.25) is 6.79 Å². The fourth-order valence-corrected chi connectivity index (χ4v) is 6.17. The molecule has 1 aliphatic heterocycles. The van der Waals surface area contributed by atoms with Gasteiger partial charge in [-0.05, 0) is 38.0 Å². The van der Waals surface area contributed by atoms with Gasteiger partial charge in [0.15, 0.2) is 11.5 Å². The zero-order valence-electron chi connectivity index (χ0n) is 14.7. The minimum atomic E-state index is -3.83. The van der Waals surface area contributed by atoms with E-state index in [4.69, 9.17) is 14.6 Å². The molecule has 0 radical (unpaired) electrons. The second-order valence-electron chi connectivity index (χ2n) is 6.35. The second-order valence-corrected chi connectivity index (χ2v) is 9.59. The van der Waals surface area contributed by atoms with Crippen molar-refractivity contribution in [2.24, 2.45) is 0 Å². The summed E-state index contributed by atoms with van der Waals surface area (Å²) in [5.74, 6) is 0.0561. The predicted octanol–water partition coefficient (Wildman–Crippen LogP) is 3.30. The molecule has 142 valence electrons. The van der Waals surface area contributed by atoms with Crippen LogP contribution in [-0.4, -0.2) is 30.3 Å². The fourth-order valence-electron chi connectivity index (χ4n) is 3.26. The lowest BCUT2D eigenvalue weighted by Gasteiger charge is -2.07. The molecule has 7 nitrogen and oxygen atoms in total. The summed E-state index contributed by atoms with van der Waals surface area (Å²) in [7, 11) is -3.83. The van der Waals surface area contributed by atoms with Gasteiger partial charge in [0.25, 0.3) is 10.0 Å². The monoisotopic (exact) mass is 407 g/mol. The second kappa shape index (κ2) is 6.28. The first kappa shape index (κ1) is 17.9. The Balaban J connectivity index is 1.94. The van der Waals surface area contributed by atoms with Crippen LogP contribution in [0.25, 0.3) is 10.9 Å². The molecule has 0 fully saturated rings. The Morgan fingerprint density at radius 1 is 1.22 bits per heavy atom. The molecule has 0 bridgehead atoms. The normalized spacial score (nSPS) is 13.4. The molecule has 0 spiro atoms. The highest BCUT2D eigenvalue weighted by Gasteiger charge is 2.27. The van der Waals surface area contributed by atoms with Crippen LogP contribution in [-0.2, 0) is 21.2 Å². The number of thiophene rings is 1. The Labute approximate surface area is 159 Å². The predicted molar refractivity (Wildman–Crippen MR) is 100 cm³/mol. The van der Waals surface area contributed by atoms with Crippen LogP contribution in [0, 0.1) is 13.8 Å². The molecule has 3 heterocycles. The van der Waals surface area contributed by atoms with Crippen LogP contribution in [0.1, 0.15) is 21.7 Å². The van der Waals surface area contributed by atoms with Crippen LogP contribution in [0.3, 0.4) is 0 Å². The summed E-state index contributed by atoms with van der Waals surface area (Å²) in [6.07, 6.45) is 1.63. The van der Waals surface area contributed by atoms with Crippen molar-refractivity contribution >= 4 is 38.2 Å². The molecule has 4 rings (SSSR count). The summed E-state index contributed by atoms with van der Waals surface area (Å²) in [5.41, 5.74) is 1.08. The van der Waals surface area contributed by atoms with Gasteiger partial charge < -0.3 is 14.6 Å². The number of carboxylic acids is 1. The molecule has 0 saturated carbocycles. The Morgan fingerprint density at radius 2 is 1.93 bits per heavy atom. The zero-order valence-corrected chi connectivity index (χ0v) is 16.3. The fraction of sp³-hybridized carbons (Fsp3) is 0.278. The summed E-state index contributed by atoms with van der Waals surface area (Å²) in [4.78, 5) is 12.9. The van der Waals surface area contributed by atoms with Crippen molar-refractivity contribution in [1.82, 2.24) is 3.97 Å². The number of aryl methyl sites for hydroxylation is 3. The molecule has 3 aromatic rings. The topological polar surface area (TPSA) is 94.8 Å². The molecule has 0 saturated heterocycles. The minimum Gasteiger partial charge on any atom is -0.481 e. The van der Waals surface area contributed by atoms with E-state index in [2.05, 4.69) is 0 Å². The van der Waals surface area contributed by atoms with E-state index in [1.54, 1.807) is 25.1 Å². The first-order valence-corrected chi connectivity index (χ1v) is 10.5. The van der Waals surface area contributed by atoms with Crippen molar-refractivity contribution in [3.8, 4) is 11.5 Å². The van der Waals surface area contributed by atoms with E-state index in [1.807, 2.05) is 6.92 Å². The summed E-state index contributed by atoms with van der Waals surface area (Å²) in [5, 5.41) is 9.66. The molecule has 1 aromatic carbocycles. The van der Waals surface area contributed by atoms with Crippen molar-refractivity contribution < 1.29 is 27.8 Å². The van der Waals surface area contributed by atoms with E-state index in [0.29, 0.717) is 32.8 Å². The first-order valence-electron chi connectivity index (χ1n) is 8.25. The first-order chi connectivity index (χ1) is 12.8. The third-order valence-electron chi connectivity index (χ3n) is 4.49. The molecule has 0 atom stereocenters. The van der Waals surface area contributed by atoms with E-state index in [9.17, 15) is 13.2 Å². The van der Waals surface area contributed by atoms with Gasteiger partial charge in [0.1, 0.15) is 4.90 Å². The lowest BCUT2D eigenvalue weighted by atomic mass is 10.1. The highest BCUT2D eigenvalue weighted by Crippen LogP contribution is 2.39. The molecule has 9 heteroatoms. The van der Waals surface area contributed by atoms with Crippen LogP contribution in [0.15, 0.2) is 29.3 Å². The van der Waals surface area contributed by atoms with Crippen molar-refractivity contribution in [3.05, 3.63) is 39.7 Å². The number of ether oxygens (including phenoxy) is 2. The van der Waals surface area contributed by atoms with Gasteiger partial charge in [-0.1, -0.05) is 0 Å². The van der Waals surface area contributed by atoms with Gasteiger partial charge in [0.05, 0.1) is 5.52 Å². The van der Waals surface area contributed by atoms with Gasteiger partial charge in [-0.15, -0.1) is 11.3 Å². The van der Waals surface area contributed by atoms with E-state index in [0.717, 1.165) is 4.88 Å². The molecule has 2 aromatic heterocycles. The van der Waals surface area contributed by atoms with Crippen molar-refractivity contribution in [2.75, 3.05) is 6.79 Å². The third-order valence-corrected chi connectivity index (χ3v) is 7.38. The quantitative estimate of drug-likeness (QED) is 0.697. The van der Waals surface area contributed by atoms with Gasteiger partial charge in [-0.3, -0.25) is 4.79 Å². The number of rotatable bonds is 5. The smallest absolute Gasteiger partial charge is 0.303 e. The number of carbonyl (C=O) groups is 1. The van der Waals surface area contributed by atoms with Crippen molar-refractivity contribution in [2.45, 2.75) is 31.6 Å². The van der Waals surface area contributed by atoms with Crippen LogP contribution in [0.5, 0.6) is 11.5 Å². The molecule has 1 N–H and O–H groups in total. The lowest BCUT2D eigenvalue weighted by Crippen LogP contribution is -2.12. The molecule has 0 aliphatic carbocycles. The molecular weight excluding hydrogens is 390 g/mol. The third kappa shape index (κ3) is 2.96. The number of nitrogens with zero attached hydrogens (tertiary/aromatic N) is 1. The van der Waals surface area contributed by atoms with E-state index < -0.39 is 16.0 Å². The Hall–Kier alpha value is -2.52. The maximum Gasteiger partial charge on any atom is 0.303 e. The highest BCUT2D eigenvalue weighted by atomic mass is 32.2. The molecule has 0 unspecified atom stereocenters. The van der Waals surface area contributed by atoms with Crippen LogP contribution in [0.2, 0.25) is 0 Å². The van der Waals surface area contributed by atoms with Crippen LogP contribution < -0.4 is 9.47 Å². The number of hydrogen-bond acceptors (Lipinski definition) is 6. The SMILES string of the molecule is Cc1cc(S(=O)(=O)n2cc(CCC(=O)O)c3cc4c(cc32)OCO4)c(C)s1. The van der Waals surface area contributed by atoms with Crippen LogP contribution in [0.4, 0.5) is 0 Å². The number of hydrogen-bond donors (Lipinski definition) is 1. The maximum absolute atomic E-state index is 13.3. The van der Waals surface area contributed by atoms with Crippen molar-refractivity contribution in [1.29, 1.82) is 0 Å². The Kier molecular flexibility index (Phi) is 4.15. The largest absolute Gasteiger partial charge is 0.481 e. The van der Waals surface area contributed by atoms with Crippen LogP contribution >= 0.6 is 11.3 Å². The summed E-state index contributed by atoms with van der Waals surface area (Å²) >= 11 is 1.42. The molecule has 0 amide bonds. The molecular formula is C18H17NO6S2. The number of carboxylic acid groups (broad SMARTS) is 1. The zero-order chi connectivity index (χ0) is 19.3. The Bertz CT molecular complexity index is 1170. The minimum absolute atomic E-state index is 0.0714. The van der Waals surface area contributed by atoms with Crippen molar-refractivity contribution in [3.63, 3.8) is 0 Å². The standard InChI is InChI=1S/C18H17NO6S2/c1-10-5-17(11(2)26-10)27(22,23)19-8-12(3-4-18(20)21)13-6-15-16(7-14(13)19)25-9-24-15/h5-8H,3-4,9H2,1-2H3,(H,20,21). The average molecular weight is 407 g/mol. The van der Waals surface area contributed by atoms with Gasteiger partial charge in [0, 0.05) is 33.8 Å². The number of aliphatic carboxylic acids is 1. The van der Waals surface area contributed by atoms with E-state index >= 15 is 0 Å². The average Bonchev–Trinajstić information content (AvgIpc) is 3.27. The van der Waals surface area contributed by atoms with Gasteiger partial charge in [-0.2, -0.15) is 0 Å². The number of aromatic nitrogens is 1. The molecule has 1 aliphatic rings. The van der Waals surface area contributed by atoms with E-state index in [-0.39, 0.29) is 24.5 Å². The summed E-state index contributed by atoms with van der Waals surface area (Å²) < 4.78 is 38.6. The summed E-state index contributed by atoms with van der Waals surface area (Å²) in [6, 6.07) is 5.01. The highest BCUT2D eigenvalue weighted by molar-refractivity contribution is 7.90.